The molecule has 2 atom stereocenters. The van der Waals surface area contributed by atoms with Crippen molar-refractivity contribution < 1.29 is 4.84 Å². The van der Waals surface area contributed by atoms with Crippen LogP contribution in [0.4, 0.5) is 0 Å². The first-order valence-electron chi connectivity index (χ1n) is 9.18. The van der Waals surface area contributed by atoms with Crippen molar-refractivity contribution >= 4 is 28.6 Å². The molecule has 0 aromatic carbocycles. The molecule has 2 nitrogen and oxygen atoms in total. The zero-order chi connectivity index (χ0) is 15.8. The van der Waals surface area contributed by atoms with Gasteiger partial charge in [0.15, 0.2) is 6.10 Å². The van der Waals surface area contributed by atoms with Crippen molar-refractivity contribution in [2.24, 2.45) is 34.7 Å². The molecule has 0 amide bonds. The fourth-order valence-electron chi connectivity index (χ4n) is 6.21. The Labute approximate surface area is 151 Å². The Morgan fingerprint density at radius 1 is 1.04 bits per heavy atom. The maximum absolute atomic E-state index is 6.11. The van der Waals surface area contributed by atoms with Crippen LogP contribution in [-0.4, -0.2) is 11.8 Å². The molecular weight excluding hydrogens is 338 g/mol. The van der Waals surface area contributed by atoms with E-state index in [2.05, 4.69) is 23.4 Å². The van der Waals surface area contributed by atoms with Crippen molar-refractivity contribution in [3.05, 3.63) is 44.6 Å². The number of nitrogens with zero attached hydrogens (tertiary/aromatic N) is 1. The molecule has 0 unspecified atom stereocenters. The Kier molecular flexibility index (Phi) is 2.94. The van der Waals surface area contributed by atoms with Crippen molar-refractivity contribution in [1.29, 1.82) is 0 Å². The van der Waals surface area contributed by atoms with Crippen molar-refractivity contribution in [1.82, 2.24) is 0 Å². The topological polar surface area (TPSA) is 21.6 Å². The summed E-state index contributed by atoms with van der Waals surface area (Å²) in [5, 5.41) is 4.45. The molecule has 1 aliphatic heterocycles. The van der Waals surface area contributed by atoms with E-state index in [9.17, 15) is 0 Å². The maximum Gasteiger partial charge on any atom is 0.164 e. The molecule has 2 heterocycles. The predicted octanol–water partition coefficient (Wildman–Crippen LogP) is 5.44. The average molecular weight is 358 g/mol. The second kappa shape index (κ2) is 4.98. The first kappa shape index (κ1) is 14.1. The molecule has 0 spiro atoms. The highest BCUT2D eigenvalue weighted by atomic mass is 35.5. The Morgan fingerprint density at radius 3 is 2.46 bits per heavy atom. The fourth-order valence-corrected chi connectivity index (χ4v) is 7.29. The molecule has 7 rings (SSSR count). The van der Waals surface area contributed by atoms with Gasteiger partial charge in [0.2, 0.25) is 0 Å². The van der Waals surface area contributed by atoms with Crippen LogP contribution in [0.25, 0.3) is 0 Å². The summed E-state index contributed by atoms with van der Waals surface area (Å²) in [6.45, 7) is 0. The molecule has 6 aliphatic rings. The van der Waals surface area contributed by atoms with Gasteiger partial charge in [0.1, 0.15) is 5.71 Å². The summed E-state index contributed by atoms with van der Waals surface area (Å²) in [7, 11) is 0. The summed E-state index contributed by atoms with van der Waals surface area (Å²) < 4.78 is 0.817. The van der Waals surface area contributed by atoms with Gasteiger partial charge in [-0.1, -0.05) is 34.5 Å². The van der Waals surface area contributed by atoms with Crippen molar-refractivity contribution in [2.45, 2.75) is 38.2 Å². The van der Waals surface area contributed by atoms with Gasteiger partial charge in [0.25, 0.3) is 0 Å². The van der Waals surface area contributed by atoms with Crippen LogP contribution in [0, 0.1) is 29.6 Å². The van der Waals surface area contributed by atoms with Gasteiger partial charge in [-0.2, -0.15) is 0 Å². The van der Waals surface area contributed by atoms with Crippen LogP contribution >= 0.6 is 22.9 Å². The number of thiophene rings is 1. The molecule has 4 saturated carbocycles. The fraction of sp³-hybridized carbons (Fsp3) is 0.550. The normalized spacial score (nSPS) is 41.8. The molecule has 5 aliphatic carbocycles. The molecule has 0 saturated heterocycles. The van der Waals surface area contributed by atoms with Gasteiger partial charge in [-0.25, -0.2) is 0 Å². The molecule has 4 heteroatoms. The number of oxime groups is 1. The quantitative estimate of drug-likeness (QED) is 0.655. The lowest BCUT2D eigenvalue weighted by molar-refractivity contribution is 0.0605. The van der Waals surface area contributed by atoms with Crippen LogP contribution in [0.15, 0.2) is 40.6 Å². The van der Waals surface area contributed by atoms with E-state index >= 15 is 0 Å². The predicted molar refractivity (Wildman–Crippen MR) is 97.4 cm³/mol. The minimum atomic E-state index is 0.119. The van der Waals surface area contributed by atoms with Crippen LogP contribution in [-0.2, 0) is 4.84 Å². The van der Waals surface area contributed by atoms with Gasteiger partial charge in [0.05, 0.1) is 15.1 Å². The largest absolute Gasteiger partial charge is 0.386 e. The van der Waals surface area contributed by atoms with Crippen molar-refractivity contribution in [3.63, 3.8) is 0 Å². The van der Waals surface area contributed by atoms with Crippen LogP contribution in [0.3, 0.4) is 0 Å². The number of hydrogen-bond acceptors (Lipinski definition) is 3. The van der Waals surface area contributed by atoms with Crippen molar-refractivity contribution in [2.75, 3.05) is 0 Å². The Bertz CT molecular complexity index is 774. The minimum Gasteiger partial charge on any atom is -0.386 e. The monoisotopic (exact) mass is 357 g/mol. The summed E-state index contributed by atoms with van der Waals surface area (Å²) in [4.78, 5) is 7.10. The van der Waals surface area contributed by atoms with E-state index in [1.165, 1.54) is 37.7 Å². The first-order valence-corrected chi connectivity index (χ1v) is 10.4. The van der Waals surface area contributed by atoms with Gasteiger partial charge in [-0.15, -0.1) is 11.3 Å². The van der Waals surface area contributed by atoms with E-state index in [0.29, 0.717) is 0 Å². The second-order valence-corrected chi connectivity index (χ2v) is 9.92. The molecule has 124 valence electrons. The van der Waals surface area contributed by atoms with E-state index in [1.54, 1.807) is 16.9 Å². The van der Waals surface area contributed by atoms with Crippen LogP contribution in [0.5, 0.6) is 0 Å². The SMILES string of the molecule is Clc1ccc(C2=NO[C@@H]3C(=C4C5CC6CC(C5)CC4C6)C=C[C@H]23)s1. The number of rotatable bonds is 1. The highest BCUT2D eigenvalue weighted by Gasteiger charge is 2.49. The molecule has 0 N–H and O–H groups in total. The lowest BCUT2D eigenvalue weighted by Crippen LogP contribution is -2.41. The number of fused-ring (bicyclic) bond motifs is 1. The number of halogens is 1. The van der Waals surface area contributed by atoms with Crippen LogP contribution in [0.1, 0.15) is 37.0 Å². The second-order valence-electron chi connectivity index (χ2n) is 8.21. The van der Waals surface area contributed by atoms with Crippen LogP contribution in [0.2, 0.25) is 4.34 Å². The third-order valence-corrected chi connectivity index (χ3v) is 8.13. The van der Waals surface area contributed by atoms with Gasteiger partial charge < -0.3 is 4.84 Å². The van der Waals surface area contributed by atoms with E-state index in [-0.39, 0.29) is 12.0 Å². The third kappa shape index (κ3) is 1.91. The molecule has 4 fully saturated rings. The maximum atomic E-state index is 6.11. The van der Waals surface area contributed by atoms with Gasteiger partial charge in [-0.3, -0.25) is 0 Å². The van der Waals surface area contributed by atoms with E-state index in [0.717, 1.165) is 38.6 Å². The lowest BCUT2D eigenvalue weighted by Gasteiger charge is -2.52. The molecule has 1 aromatic heterocycles. The highest BCUT2D eigenvalue weighted by Crippen LogP contribution is 2.58. The summed E-state index contributed by atoms with van der Waals surface area (Å²) in [6.07, 6.45) is 12.0. The molecule has 4 bridgehead atoms. The summed E-state index contributed by atoms with van der Waals surface area (Å²) in [5.41, 5.74) is 4.27. The number of allylic oxidation sites excluding steroid dienone is 1. The van der Waals surface area contributed by atoms with Gasteiger partial charge in [0, 0.05) is 0 Å². The van der Waals surface area contributed by atoms with Gasteiger partial charge in [-0.05, 0) is 73.5 Å². The summed E-state index contributed by atoms with van der Waals surface area (Å²) in [6, 6.07) is 4.02. The van der Waals surface area contributed by atoms with E-state index < -0.39 is 0 Å². The zero-order valence-electron chi connectivity index (χ0n) is 13.5. The Morgan fingerprint density at radius 2 is 1.79 bits per heavy atom. The molecule has 24 heavy (non-hydrogen) atoms. The zero-order valence-corrected chi connectivity index (χ0v) is 15.0. The first-order chi connectivity index (χ1) is 11.8. The number of hydrogen-bond donors (Lipinski definition) is 0. The molecule has 1 aromatic rings. The standard InChI is InChI=1S/C20H20ClNOS/c21-17-4-3-16(24-17)19-15-2-1-14(20(15)23-22-19)18-12-6-10-5-11(8-12)9-13(18)7-10/h1-4,10-13,15,20H,5-9H2/t10?,11?,12?,13?,15-,20-/m1/s1. The Balaban J connectivity index is 1.35. The molecule has 0 radical (unpaired) electrons. The average Bonchev–Trinajstić information content (AvgIpc) is 3.23. The minimum absolute atomic E-state index is 0.119. The third-order valence-electron chi connectivity index (χ3n) is 6.87. The van der Waals surface area contributed by atoms with Crippen LogP contribution < -0.4 is 0 Å². The van der Waals surface area contributed by atoms with E-state index in [4.69, 9.17) is 16.4 Å². The van der Waals surface area contributed by atoms with Crippen molar-refractivity contribution in [3.8, 4) is 0 Å². The molecular formula is C20H20ClNOS. The smallest absolute Gasteiger partial charge is 0.164 e. The summed E-state index contributed by atoms with van der Waals surface area (Å²) >= 11 is 7.71. The van der Waals surface area contributed by atoms with Gasteiger partial charge >= 0.3 is 0 Å². The Hall–Kier alpha value is -1.06. The lowest BCUT2D eigenvalue weighted by atomic mass is 9.53. The van der Waals surface area contributed by atoms with E-state index in [1.807, 2.05) is 6.07 Å². The summed E-state index contributed by atoms with van der Waals surface area (Å²) in [5.74, 6) is 3.93. The highest BCUT2D eigenvalue weighted by molar-refractivity contribution is 7.18.